The van der Waals surface area contributed by atoms with Gasteiger partial charge in [-0.25, -0.2) is 0 Å². The molecule has 1 aliphatic rings. The van der Waals surface area contributed by atoms with Gasteiger partial charge in [-0.15, -0.1) is 0 Å². The van der Waals surface area contributed by atoms with Crippen LogP contribution >= 0.6 is 0 Å². The fourth-order valence-electron chi connectivity index (χ4n) is 0.927. The zero-order valence-electron chi connectivity index (χ0n) is 6.13. The summed E-state index contributed by atoms with van der Waals surface area (Å²) in [6.07, 6.45) is 1.89. The standard InChI is InChI=1S/C6H10O3.H3N/c7-6(8)5-3-1-2-4-9-5;/h5H,1-4H2,(H,7,8);1H3. The summed E-state index contributed by atoms with van der Waals surface area (Å²) >= 11 is 0. The minimum absolute atomic E-state index is 0. The molecule has 1 unspecified atom stereocenters. The molecule has 0 spiro atoms. The lowest BCUT2D eigenvalue weighted by atomic mass is 10.1. The van der Waals surface area contributed by atoms with Crippen LogP contribution in [0.1, 0.15) is 19.3 Å². The molecule has 0 aromatic heterocycles. The van der Waals surface area contributed by atoms with Crippen LogP contribution in [0.25, 0.3) is 0 Å². The second kappa shape index (κ2) is 4.24. The van der Waals surface area contributed by atoms with E-state index >= 15 is 0 Å². The number of ether oxygens (including phenoxy) is 1. The second-order valence-corrected chi connectivity index (χ2v) is 2.17. The van der Waals surface area contributed by atoms with Gasteiger partial charge in [-0.3, -0.25) is 0 Å². The maximum Gasteiger partial charge on any atom is 0.0968 e. The van der Waals surface area contributed by atoms with Gasteiger partial charge in [0, 0.05) is 6.61 Å². The van der Waals surface area contributed by atoms with Crippen molar-refractivity contribution in [2.45, 2.75) is 25.4 Å². The number of carboxylic acid groups (broad SMARTS) is 1. The molecule has 1 heterocycles. The van der Waals surface area contributed by atoms with Crippen molar-refractivity contribution >= 4 is 5.97 Å². The van der Waals surface area contributed by atoms with Crippen molar-refractivity contribution in [2.24, 2.45) is 0 Å². The van der Waals surface area contributed by atoms with Gasteiger partial charge in [-0.2, -0.15) is 0 Å². The average molecular weight is 147 g/mol. The number of hydrogen-bond donors (Lipinski definition) is 1. The number of carbonyl (C=O) groups excluding carboxylic acids is 1. The lowest BCUT2D eigenvalue weighted by Gasteiger charge is -2.22. The van der Waals surface area contributed by atoms with Crippen molar-refractivity contribution in [2.75, 3.05) is 6.61 Å². The summed E-state index contributed by atoms with van der Waals surface area (Å²) in [4.78, 5) is 10.1. The summed E-state index contributed by atoms with van der Waals surface area (Å²) in [5.41, 5.74) is 0. The molecular weight excluding hydrogens is 134 g/mol. The third-order valence-corrected chi connectivity index (χ3v) is 1.44. The first-order chi connectivity index (χ1) is 4.30. The molecule has 10 heavy (non-hydrogen) atoms. The highest BCUT2D eigenvalue weighted by Crippen LogP contribution is 2.11. The lowest BCUT2D eigenvalue weighted by molar-refractivity contribution is -0.318. The number of carboxylic acids is 1. The Hall–Kier alpha value is -0.610. The smallest absolute Gasteiger partial charge is 0.0968 e. The van der Waals surface area contributed by atoms with Gasteiger partial charge >= 0.3 is 0 Å². The zero-order chi connectivity index (χ0) is 6.69. The van der Waals surface area contributed by atoms with E-state index in [-0.39, 0.29) is 6.15 Å². The van der Waals surface area contributed by atoms with E-state index in [9.17, 15) is 9.90 Å². The average Bonchev–Trinajstić information content (AvgIpc) is 1.90. The van der Waals surface area contributed by atoms with E-state index in [1.165, 1.54) is 0 Å². The highest BCUT2D eigenvalue weighted by molar-refractivity contribution is 5.69. The first-order valence-corrected chi connectivity index (χ1v) is 3.13. The molecule has 0 aromatic carbocycles. The fraction of sp³-hybridized carbons (Fsp3) is 0.833. The van der Waals surface area contributed by atoms with E-state index in [2.05, 4.69) is 0 Å². The van der Waals surface area contributed by atoms with Crippen molar-refractivity contribution < 1.29 is 14.6 Å². The predicted octanol–water partition coefficient (Wildman–Crippen LogP) is -0.318. The topological polar surface area (TPSA) is 85.9 Å². The Labute approximate surface area is 59.8 Å². The first-order valence-electron chi connectivity index (χ1n) is 3.13. The Morgan fingerprint density at radius 1 is 1.50 bits per heavy atom. The molecule has 0 bridgehead atoms. The van der Waals surface area contributed by atoms with E-state index < -0.39 is 12.1 Å². The highest BCUT2D eigenvalue weighted by Gasteiger charge is 2.13. The summed E-state index contributed by atoms with van der Waals surface area (Å²) in [5, 5.41) is 10.1. The third kappa shape index (κ3) is 2.33. The van der Waals surface area contributed by atoms with Gasteiger partial charge in [0.15, 0.2) is 0 Å². The Kier molecular flexibility index (Phi) is 3.99. The highest BCUT2D eigenvalue weighted by atomic mass is 16.5. The van der Waals surface area contributed by atoms with Crippen molar-refractivity contribution in [3.05, 3.63) is 0 Å². The molecule has 60 valence electrons. The zero-order valence-corrected chi connectivity index (χ0v) is 6.13. The molecule has 0 aliphatic carbocycles. The SMILES string of the molecule is O=C([O-])C1CCCCO1.[NH4+]. The van der Waals surface area contributed by atoms with E-state index in [1.807, 2.05) is 0 Å². The molecule has 0 radical (unpaired) electrons. The van der Waals surface area contributed by atoms with Crippen LogP contribution in [0.5, 0.6) is 0 Å². The summed E-state index contributed by atoms with van der Waals surface area (Å²) in [7, 11) is 0. The van der Waals surface area contributed by atoms with Crippen LogP contribution in [0.15, 0.2) is 0 Å². The minimum atomic E-state index is -1.07. The van der Waals surface area contributed by atoms with Crippen molar-refractivity contribution in [3.63, 3.8) is 0 Å². The summed E-state index contributed by atoms with van der Waals surface area (Å²) in [6, 6.07) is 0. The van der Waals surface area contributed by atoms with Crippen molar-refractivity contribution in [1.29, 1.82) is 0 Å². The van der Waals surface area contributed by atoms with Gasteiger partial charge in [0.05, 0.1) is 12.1 Å². The Morgan fingerprint density at radius 3 is 2.50 bits per heavy atom. The maximum atomic E-state index is 10.1. The van der Waals surface area contributed by atoms with E-state index in [1.54, 1.807) is 0 Å². The van der Waals surface area contributed by atoms with Crippen LogP contribution in [-0.2, 0) is 9.53 Å². The molecule has 1 atom stereocenters. The molecule has 4 N–H and O–H groups in total. The molecule has 4 heteroatoms. The lowest BCUT2D eigenvalue weighted by Crippen LogP contribution is -2.39. The second-order valence-electron chi connectivity index (χ2n) is 2.17. The monoisotopic (exact) mass is 147 g/mol. The maximum absolute atomic E-state index is 10.1. The molecule has 4 nitrogen and oxygen atoms in total. The largest absolute Gasteiger partial charge is 0.547 e. The van der Waals surface area contributed by atoms with Gasteiger partial charge in [-0.1, -0.05) is 0 Å². The molecule has 1 fully saturated rings. The van der Waals surface area contributed by atoms with Crippen LogP contribution in [0.4, 0.5) is 0 Å². The van der Waals surface area contributed by atoms with Gasteiger partial charge in [0.2, 0.25) is 0 Å². The number of quaternary nitrogens is 1. The predicted molar refractivity (Wildman–Crippen MR) is 34.6 cm³/mol. The number of hydrogen-bond acceptors (Lipinski definition) is 3. The molecular formula is C6H13NO3. The van der Waals surface area contributed by atoms with Crippen molar-refractivity contribution in [1.82, 2.24) is 6.15 Å². The normalized spacial score (nSPS) is 25.0. The Morgan fingerprint density at radius 2 is 2.20 bits per heavy atom. The first kappa shape index (κ1) is 9.39. The molecule has 1 rings (SSSR count). The molecule has 1 aliphatic heterocycles. The number of carbonyl (C=O) groups is 1. The van der Waals surface area contributed by atoms with Crippen molar-refractivity contribution in [3.8, 4) is 0 Å². The van der Waals surface area contributed by atoms with E-state index in [0.29, 0.717) is 13.0 Å². The third-order valence-electron chi connectivity index (χ3n) is 1.44. The minimum Gasteiger partial charge on any atom is -0.547 e. The molecule has 1 saturated heterocycles. The number of aliphatic carboxylic acids is 1. The summed E-state index contributed by atoms with van der Waals surface area (Å²) in [5.74, 6) is -1.07. The van der Waals surface area contributed by atoms with Crippen LogP contribution in [0.2, 0.25) is 0 Å². The Balaban J connectivity index is 0.000000810. The van der Waals surface area contributed by atoms with Crippen LogP contribution in [-0.4, -0.2) is 18.7 Å². The molecule has 0 amide bonds. The molecule has 0 saturated carbocycles. The summed E-state index contributed by atoms with van der Waals surface area (Å²) < 4.78 is 4.88. The molecule has 0 aromatic rings. The Bertz CT molecular complexity index is 110. The van der Waals surface area contributed by atoms with Gasteiger partial charge < -0.3 is 20.8 Å². The van der Waals surface area contributed by atoms with Gasteiger partial charge in [0.25, 0.3) is 0 Å². The van der Waals surface area contributed by atoms with E-state index in [4.69, 9.17) is 4.74 Å². The quantitative estimate of drug-likeness (QED) is 0.551. The fourth-order valence-corrected chi connectivity index (χ4v) is 0.927. The van der Waals surface area contributed by atoms with Crippen LogP contribution < -0.4 is 11.3 Å². The van der Waals surface area contributed by atoms with Crippen LogP contribution in [0, 0.1) is 0 Å². The van der Waals surface area contributed by atoms with Gasteiger partial charge in [0.1, 0.15) is 0 Å². The van der Waals surface area contributed by atoms with Gasteiger partial charge in [-0.05, 0) is 19.3 Å². The summed E-state index contributed by atoms with van der Waals surface area (Å²) in [6.45, 7) is 0.568. The van der Waals surface area contributed by atoms with E-state index in [0.717, 1.165) is 12.8 Å². The van der Waals surface area contributed by atoms with Crippen LogP contribution in [0.3, 0.4) is 0 Å². The number of rotatable bonds is 1.